The van der Waals surface area contributed by atoms with Gasteiger partial charge in [-0.3, -0.25) is 4.90 Å². The number of aromatic carboxylic acids is 1. The van der Waals surface area contributed by atoms with Crippen molar-refractivity contribution < 1.29 is 23.8 Å². The minimum atomic E-state index is -0.949. The van der Waals surface area contributed by atoms with E-state index in [0.717, 1.165) is 67.9 Å². The number of imidazole rings is 1. The number of aromatic nitrogens is 3. The number of pyridine rings is 1. The number of ether oxygens (including phenoxy) is 2. The van der Waals surface area contributed by atoms with Gasteiger partial charge in [0.1, 0.15) is 18.2 Å². The molecule has 0 aliphatic carbocycles. The summed E-state index contributed by atoms with van der Waals surface area (Å²) in [5, 5.41) is 18.5. The Morgan fingerprint density at radius 2 is 1.98 bits per heavy atom. The van der Waals surface area contributed by atoms with E-state index in [1.807, 2.05) is 18.2 Å². The molecule has 0 saturated carbocycles. The zero-order valence-corrected chi connectivity index (χ0v) is 23.2. The zero-order chi connectivity index (χ0) is 29.1. The first kappa shape index (κ1) is 27.8. The van der Waals surface area contributed by atoms with E-state index in [4.69, 9.17) is 24.7 Å². The third-order valence-electron chi connectivity index (χ3n) is 8.16. The largest absolute Gasteiger partial charge is 0.478 e. The van der Waals surface area contributed by atoms with Crippen molar-refractivity contribution in [3.8, 4) is 11.9 Å². The van der Waals surface area contributed by atoms with Crippen LogP contribution in [0.2, 0.25) is 0 Å². The number of hydrogen-bond acceptors (Lipinski definition) is 7. The maximum absolute atomic E-state index is 14.2. The second-order valence-corrected chi connectivity index (χ2v) is 10.9. The Balaban J connectivity index is 1.11. The van der Waals surface area contributed by atoms with Gasteiger partial charge in [-0.1, -0.05) is 12.1 Å². The molecule has 2 aromatic carbocycles. The summed E-state index contributed by atoms with van der Waals surface area (Å²) in [6, 6.07) is 17.1. The SMILES string of the molecule is N#Cc1ccc(COc2cccc(C3CCN(Cc4nc5ccc(C(=O)O)cc5n4C[C@@H]4CCCO4)CC3)n2)c(F)c1. The van der Waals surface area contributed by atoms with Gasteiger partial charge in [-0.05, 0) is 75.2 Å². The third kappa shape index (κ3) is 6.12. The van der Waals surface area contributed by atoms with Gasteiger partial charge in [0.05, 0.1) is 47.4 Å². The summed E-state index contributed by atoms with van der Waals surface area (Å²) >= 11 is 0. The maximum Gasteiger partial charge on any atom is 0.335 e. The Morgan fingerprint density at radius 1 is 1.12 bits per heavy atom. The second kappa shape index (κ2) is 12.3. The molecule has 1 atom stereocenters. The fraction of sp³-hybridized carbons (Fsp3) is 0.375. The average molecular weight is 570 g/mol. The molecule has 2 aliphatic rings. The highest BCUT2D eigenvalue weighted by molar-refractivity contribution is 5.92. The Bertz CT molecular complexity index is 1630. The normalized spacial score (nSPS) is 17.9. The fourth-order valence-electron chi connectivity index (χ4n) is 5.83. The summed E-state index contributed by atoms with van der Waals surface area (Å²) in [7, 11) is 0. The van der Waals surface area contributed by atoms with Crippen LogP contribution < -0.4 is 4.74 Å². The first-order valence-corrected chi connectivity index (χ1v) is 14.3. The Labute approximate surface area is 243 Å². The van der Waals surface area contributed by atoms with Crippen molar-refractivity contribution in [3.63, 3.8) is 0 Å². The lowest BCUT2D eigenvalue weighted by atomic mass is 9.93. The number of piperidine rings is 1. The fourth-order valence-corrected chi connectivity index (χ4v) is 5.83. The maximum atomic E-state index is 14.2. The number of carbonyl (C=O) groups is 1. The molecule has 2 aromatic heterocycles. The van der Waals surface area contributed by atoms with Crippen molar-refractivity contribution in [2.45, 2.75) is 57.4 Å². The van der Waals surface area contributed by atoms with Crippen LogP contribution in [-0.4, -0.2) is 56.3 Å². The van der Waals surface area contributed by atoms with Crippen molar-refractivity contribution in [1.82, 2.24) is 19.4 Å². The summed E-state index contributed by atoms with van der Waals surface area (Å²) in [5.41, 5.74) is 3.49. The molecule has 216 valence electrons. The minimum absolute atomic E-state index is 0.0350. The molecule has 10 heteroatoms. The zero-order valence-electron chi connectivity index (χ0n) is 23.2. The Hall–Kier alpha value is -4.33. The molecule has 4 heterocycles. The Kier molecular flexibility index (Phi) is 8.13. The van der Waals surface area contributed by atoms with Crippen LogP contribution in [0.4, 0.5) is 4.39 Å². The monoisotopic (exact) mass is 569 g/mol. The number of nitriles is 1. The minimum Gasteiger partial charge on any atom is -0.478 e. The highest BCUT2D eigenvalue weighted by Crippen LogP contribution is 2.30. The van der Waals surface area contributed by atoms with Crippen LogP contribution in [0.1, 0.15) is 64.6 Å². The van der Waals surface area contributed by atoms with Crippen LogP contribution in [0.3, 0.4) is 0 Å². The van der Waals surface area contributed by atoms with Crippen molar-refractivity contribution in [2.24, 2.45) is 0 Å². The lowest BCUT2D eigenvalue weighted by molar-refractivity contribution is 0.0697. The third-order valence-corrected chi connectivity index (χ3v) is 8.16. The molecular weight excluding hydrogens is 537 g/mol. The predicted molar refractivity (Wildman–Crippen MR) is 153 cm³/mol. The van der Waals surface area contributed by atoms with Crippen LogP contribution >= 0.6 is 0 Å². The summed E-state index contributed by atoms with van der Waals surface area (Å²) in [6.45, 7) is 3.87. The molecule has 2 fully saturated rings. The van der Waals surface area contributed by atoms with Gasteiger partial charge in [0.2, 0.25) is 5.88 Å². The molecule has 0 radical (unpaired) electrons. The highest BCUT2D eigenvalue weighted by atomic mass is 19.1. The molecule has 0 amide bonds. The van der Waals surface area contributed by atoms with E-state index in [-0.39, 0.29) is 29.8 Å². The molecule has 9 nitrogen and oxygen atoms in total. The standard InChI is InChI=1S/C32H32FN5O4/c33-26-15-21(17-34)6-7-24(26)20-42-31-5-1-4-27(36-31)22-10-12-37(13-11-22)19-30-35-28-9-8-23(32(39)40)16-29(28)38(30)18-25-3-2-14-41-25/h1,4-9,15-16,22,25H,2-3,10-14,18-20H2,(H,39,40)/t25-/m0/s1. The van der Waals surface area contributed by atoms with E-state index >= 15 is 0 Å². The van der Waals surface area contributed by atoms with Gasteiger partial charge in [0.25, 0.3) is 0 Å². The van der Waals surface area contributed by atoms with E-state index in [9.17, 15) is 14.3 Å². The number of rotatable bonds is 9. The topological polar surface area (TPSA) is 114 Å². The molecule has 0 bridgehead atoms. The van der Waals surface area contributed by atoms with Gasteiger partial charge in [-0.15, -0.1) is 0 Å². The molecule has 0 unspecified atom stereocenters. The number of fused-ring (bicyclic) bond motifs is 1. The summed E-state index contributed by atoms with van der Waals surface area (Å²) in [5.74, 6) is 0.228. The van der Waals surface area contributed by atoms with Gasteiger partial charge < -0.3 is 19.1 Å². The molecule has 2 aliphatic heterocycles. The number of carboxylic acids is 1. The van der Waals surface area contributed by atoms with Crippen LogP contribution in [0.5, 0.6) is 5.88 Å². The predicted octanol–water partition coefficient (Wildman–Crippen LogP) is 5.28. The van der Waals surface area contributed by atoms with Crippen molar-refractivity contribution >= 4 is 17.0 Å². The van der Waals surface area contributed by atoms with Crippen LogP contribution in [0.15, 0.2) is 54.6 Å². The summed E-state index contributed by atoms with van der Waals surface area (Å²) < 4.78 is 28.1. The number of halogens is 1. The Morgan fingerprint density at radius 3 is 2.71 bits per heavy atom. The molecule has 2 saturated heterocycles. The number of hydrogen-bond donors (Lipinski definition) is 1. The number of likely N-dealkylation sites (tertiary alicyclic amines) is 1. The lowest BCUT2D eigenvalue weighted by Gasteiger charge is -2.31. The average Bonchev–Trinajstić information content (AvgIpc) is 3.65. The molecule has 0 spiro atoms. The van der Waals surface area contributed by atoms with Crippen LogP contribution in [0.25, 0.3) is 11.0 Å². The van der Waals surface area contributed by atoms with E-state index in [1.165, 1.54) is 6.07 Å². The molecule has 4 aromatic rings. The number of carboxylic acid groups (broad SMARTS) is 1. The van der Waals surface area contributed by atoms with E-state index in [1.54, 1.807) is 36.4 Å². The lowest BCUT2D eigenvalue weighted by Crippen LogP contribution is -2.34. The molecule has 6 rings (SSSR count). The first-order valence-electron chi connectivity index (χ1n) is 14.3. The molecular formula is C32H32FN5O4. The van der Waals surface area contributed by atoms with Crippen molar-refractivity contribution in [3.05, 3.63) is 88.6 Å². The van der Waals surface area contributed by atoms with Gasteiger partial charge in [-0.25, -0.2) is 19.2 Å². The summed E-state index contributed by atoms with van der Waals surface area (Å²) in [4.78, 5) is 23.6. The van der Waals surface area contributed by atoms with E-state index in [0.29, 0.717) is 24.5 Å². The van der Waals surface area contributed by atoms with Crippen LogP contribution in [-0.2, 0) is 24.4 Å². The molecule has 1 N–H and O–H groups in total. The second-order valence-electron chi connectivity index (χ2n) is 10.9. The van der Waals surface area contributed by atoms with Gasteiger partial charge in [-0.2, -0.15) is 5.26 Å². The molecule has 42 heavy (non-hydrogen) atoms. The van der Waals surface area contributed by atoms with Gasteiger partial charge in [0.15, 0.2) is 0 Å². The number of nitrogens with zero attached hydrogens (tertiary/aromatic N) is 5. The van der Waals surface area contributed by atoms with Gasteiger partial charge in [0, 0.05) is 29.8 Å². The van der Waals surface area contributed by atoms with Crippen molar-refractivity contribution in [1.29, 1.82) is 5.26 Å². The van der Waals surface area contributed by atoms with Crippen LogP contribution in [0, 0.1) is 17.1 Å². The quantitative estimate of drug-likeness (QED) is 0.290. The van der Waals surface area contributed by atoms with Crippen molar-refractivity contribution in [2.75, 3.05) is 19.7 Å². The van der Waals surface area contributed by atoms with E-state index in [2.05, 4.69) is 9.47 Å². The first-order chi connectivity index (χ1) is 20.5. The smallest absolute Gasteiger partial charge is 0.335 e. The number of benzene rings is 2. The van der Waals surface area contributed by atoms with E-state index < -0.39 is 11.8 Å². The summed E-state index contributed by atoms with van der Waals surface area (Å²) in [6.07, 6.45) is 3.98. The van der Waals surface area contributed by atoms with Gasteiger partial charge >= 0.3 is 5.97 Å². The highest BCUT2D eigenvalue weighted by Gasteiger charge is 2.25.